The minimum atomic E-state index is -0.303. The summed E-state index contributed by atoms with van der Waals surface area (Å²) in [5, 5.41) is 10.1. The van der Waals surface area contributed by atoms with E-state index in [4.69, 9.17) is 0 Å². The van der Waals surface area contributed by atoms with Crippen LogP contribution < -0.4 is 0 Å². The van der Waals surface area contributed by atoms with Crippen molar-refractivity contribution in [3.63, 3.8) is 0 Å². The molecule has 1 aromatic rings. The molecule has 0 radical (unpaired) electrons. The topological polar surface area (TPSA) is 20.2 Å². The lowest BCUT2D eigenvalue weighted by atomic mass is 9.93. The summed E-state index contributed by atoms with van der Waals surface area (Å²) in [6.45, 7) is 4.38. The van der Waals surface area contributed by atoms with Crippen LogP contribution >= 0.6 is 22.6 Å². The lowest BCUT2D eigenvalue weighted by Crippen LogP contribution is -2.07. The van der Waals surface area contributed by atoms with E-state index in [9.17, 15) is 5.11 Å². The predicted octanol–water partition coefficient (Wildman–Crippen LogP) is 4.15. The zero-order chi connectivity index (χ0) is 11.3. The van der Waals surface area contributed by atoms with Crippen LogP contribution in [0.5, 0.6) is 0 Å². The maximum absolute atomic E-state index is 10.1. The molecule has 0 bridgehead atoms. The van der Waals surface area contributed by atoms with Crippen molar-refractivity contribution >= 4 is 22.6 Å². The Hall–Kier alpha value is -0.0900. The van der Waals surface area contributed by atoms with Crippen LogP contribution in [0.25, 0.3) is 0 Å². The lowest BCUT2D eigenvalue weighted by Gasteiger charge is -2.18. The summed E-state index contributed by atoms with van der Waals surface area (Å²) in [5.74, 6) is 0.635. The maximum Gasteiger partial charge on any atom is 0.0802 e. The van der Waals surface area contributed by atoms with Crippen molar-refractivity contribution in [2.75, 3.05) is 0 Å². The number of hydrogen-bond acceptors (Lipinski definition) is 1. The molecule has 1 nitrogen and oxygen atoms in total. The van der Waals surface area contributed by atoms with Gasteiger partial charge in [0.25, 0.3) is 0 Å². The molecule has 0 amide bonds. The molecule has 0 aliphatic rings. The van der Waals surface area contributed by atoms with Crippen LogP contribution in [0.15, 0.2) is 24.3 Å². The molecule has 0 saturated heterocycles. The largest absolute Gasteiger partial charge is 0.388 e. The first-order valence-electron chi connectivity index (χ1n) is 5.61. The number of aliphatic hydroxyl groups is 1. The monoisotopic (exact) mass is 318 g/mol. The molecule has 0 heterocycles. The fraction of sp³-hybridized carbons (Fsp3) is 0.538. The molecule has 0 aliphatic carbocycles. The third-order valence-electron chi connectivity index (χ3n) is 2.98. The lowest BCUT2D eigenvalue weighted by molar-refractivity contribution is 0.140. The summed E-state index contributed by atoms with van der Waals surface area (Å²) >= 11 is 2.29. The molecule has 0 aromatic heterocycles. The summed E-state index contributed by atoms with van der Waals surface area (Å²) in [5.41, 5.74) is 1.07. The molecule has 0 saturated carbocycles. The third kappa shape index (κ3) is 3.76. The highest BCUT2D eigenvalue weighted by molar-refractivity contribution is 14.1. The fourth-order valence-corrected chi connectivity index (χ4v) is 2.56. The SMILES string of the molecule is CCC(CC)CC(O)c1ccccc1I. The average molecular weight is 318 g/mol. The van der Waals surface area contributed by atoms with E-state index in [0.717, 1.165) is 28.4 Å². The Bertz CT molecular complexity index is 294. The van der Waals surface area contributed by atoms with Crippen LogP contribution in [0.3, 0.4) is 0 Å². The zero-order valence-electron chi connectivity index (χ0n) is 9.41. The standard InChI is InChI=1S/C13H19IO/c1-3-10(4-2)9-13(15)11-7-5-6-8-12(11)14/h5-8,10,13,15H,3-4,9H2,1-2H3. The second-order valence-corrected chi connectivity index (χ2v) is 5.12. The van der Waals surface area contributed by atoms with Gasteiger partial charge >= 0.3 is 0 Å². The van der Waals surface area contributed by atoms with Gasteiger partial charge in [-0.2, -0.15) is 0 Å². The molecule has 1 rings (SSSR count). The highest BCUT2D eigenvalue weighted by Crippen LogP contribution is 2.27. The average Bonchev–Trinajstić information content (AvgIpc) is 2.26. The second kappa shape index (κ2) is 6.48. The number of rotatable bonds is 5. The number of benzene rings is 1. The maximum atomic E-state index is 10.1. The van der Waals surface area contributed by atoms with Gasteiger partial charge in [0, 0.05) is 3.57 Å². The van der Waals surface area contributed by atoms with Crippen molar-refractivity contribution in [3.8, 4) is 0 Å². The number of hydrogen-bond donors (Lipinski definition) is 1. The molecule has 0 spiro atoms. The minimum absolute atomic E-state index is 0.303. The van der Waals surface area contributed by atoms with Crippen LogP contribution in [-0.2, 0) is 0 Å². The summed E-state index contributed by atoms with van der Waals surface area (Å²) in [6, 6.07) is 8.07. The molecule has 0 aliphatic heterocycles. The summed E-state index contributed by atoms with van der Waals surface area (Å²) in [6.07, 6.45) is 2.88. The van der Waals surface area contributed by atoms with Gasteiger partial charge in [-0.25, -0.2) is 0 Å². The van der Waals surface area contributed by atoms with E-state index in [-0.39, 0.29) is 6.10 Å². The van der Waals surface area contributed by atoms with Gasteiger partial charge in [-0.05, 0) is 46.6 Å². The highest BCUT2D eigenvalue weighted by Gasteiger charge is 2.14. The smallest absolute Gasteiger partial charge is 0.0802 e. The molecule has 1 unspecified atom stereocenters. The van der Waals surface area contributed by atoms with Gasteiger partial charge in [0.2, 0.25) is 0 Å². The van der Waals surface area contributed by atoms with Gasteiger partial charge in [-0.15, -0.1) is 0 Å². The van der Waals surface area contributed by atoms with Crippen molar-refractivity contribution in [3.05, 3.63) is 33.4 Å². The Morgan fingerprint density at radius 3 is 2.33 bits per heavy atom. The van der Waals surface area contributed by atoms with E-state index >= 15 is 0 Å². The van der Waals surface area contributed by atoms with Gasteiger partial charge in [-0.3, -0.25) is 0 Å². The first-order chi connectivity index (χ1) is 7.19. The summed E-state index contributed by atoms with van der Waals surface area (Å²) in [7, 11) is 0. The molecule has 1 aromatic carbocycles. The molecular weight excluding hydrogens is 299 g/mol. The van der Waals surface area contributed by atoms with Gasteiger partial charge < -0.3 is 5.11 Å². The molecular formula is C13H19IO. The Morgan fingerprint density at radius 1 is 1.20 bits per heavy atom. The van der Waals surface area contributed by atoms with Gasteiger partial charge in [0.15, 0.2) is 0 Å². The summed E-state index contributed by atoms with van der Waals surface area (Å²) < 4.78 is 1.16. The zero-order valence-corrected chi connectivity index (χ0v) is 11.6. The van der Waals surface area contributed by atoms with Crippen LogP contribution in [0.1, 0.15) is 44.8 Å². The van der Waals surface area contributed by atoms with Crippen molar-refractivity contribution in [1.82, 2.24) is 0 Å². The molecule has 84 valence electrons. The molecule has 1 atom stereocenters. The first-order valence-corrected chi connectivity index (χ1v) is 6.69. The Balaban J connectivity index is 2.68. The van der Waals surface area contributed by atoms with E-state index < -0.39 is 0 Å². The van der Waals surface area contributed by atoms with Gasteiger partial charge in [0.1, 0.15) is 0 Å². The number of halogens is 1. The Morgan fingerprint density at radius 2 is 1.80 bits per heavy atom. The Kier molecular flexibility index (Phi) is 5.61. The van der Waals surface area contributed by atoms with E-state index in [0.29, 0.717) is 5.92 Å². The van der Waals surface area contributed by atoms with Crippen LogP contribution in [0.4, 0.5) is 0 Å². The van der Waals surface area contributed by atoms with Crippen LogP contribution in [0.2, 0.25) is 0 Å². The molecule has 2 heteroatoms. The van der Waals surface area contributed by atoms with Crippen LogP contribution in [-0.4, -0.2) is 5.11 Å². The predicted molar refractivity (Wildman–Crippen MR) is 72.8 cm³/mol. The highest BCUT2D eigenvalue weighted by atomic mass is 127. The molecule has 0 fully saturated rings. The summed E-state index contributed by atoms with van der Waals surface area (Å²) in [4.78, 5) is 0. The third-order valence-corrected chi connectivity index (χ3v) is 3.96. The molecule has 15 heavy (non-hydrogen) atoms. The van der Waals surface area contributed by atoms with Crippen LogP contribution in [0, 0.1) is 9.49 Å². The fourth-order valence-electron chi connectivity index (χ4n) is 1.81. The van der Waals surface area contributed by atoms with E-state index in [1.807, 2.05) is 24.3 Å². The minimum Gasteiger partial charge on any atom is -0.388 e. The van der Waals surface area contributed by atoms with Gasteiger partial charge in [0.05, 0.1) is 6.10 Å². The van der Waals surface area contributed by atoms with Crippen molar-refractivity contribution in [1.29, 1.82) is 0 Å². The second-order valence-electron chi connectivity index (χ2n) is 3.96. The molecule has 1 N–H and O–H groups in total. The van der Waals surface area contributed by atoms with Crippen molar-refractivity contribution in [2.45, 2.75) is 39.2 Å². The Labute approximate surface area is 106 Å². The first kappa shape index (κ1) is 13.0. The van der Waals surface area contributed by atoms with Crippen molar-refractivity contribution in [2.24, 2.45) is 5.92 Å². The van der Waals surface area contributed by atoms with E-state index in [1.54, 1.807) is 0 Å². The van der Waals surface area contributed by atoms with Gasteiger partial charge in [-0.1, -0.05) is 44.9 Å². The van der Waals surface area contributed by atoms with E-state index in [2.05, 4.69) is 36.4 Å². The van der Waals surface area contributed by atoms with Crippen molar-refractivity contribution < 1.29 is 5.11 Å². The number of aliphatic hydroxyl groups excluding tert-OH is 1. The quantitative estimate of drug-likeness (QED) is 0.809. The van der Waals surface area contributed by atoms with E-state index in [1.165, 1.54) is 0 Å². The normalized spacial score (nSPS) is 13.1.